The van der Waals surface area contributed by atoms with Crippen molar-refractivity contribution in [3.05, 3.63) is 23.8 Å². The molecule has 3 N–H and O–H groups in total. The van der Waals surface area contributed by atoms with Crippen LogP contribution in [0.25, 0.3) is 0 Å². The molecule has 0 radical (unpaired) electrons. The number of nitrogens with two attached hydrogens (primary N) is 1. The molecule has 1 aromatic rings. The van der Waals surface area contributed by atoms with Gasteiger partial charge in [-0.15, -0.1) is 0 Å². The maximum absolute atomic E-state index is 12.3. The van der Waals surface area contributed by atoms with E-state index in [1.54, 1.807) is 18.2 Å². The number of methoxy groups -OCH3 is 1. The fourth-order valence-electron chi connectivity index (χ4n) is 2.24. The van der Waals surface area contributed by atoms with Gasteiger partial charge in [0.2, 0.25) is 10.0 Å². The van der Waals surface area contributed by atoms with Gasteiger partial charge in [-0.05, 0) is 42.9 Å². The van der Waals surface area contributed by atoms with E-state index in [1.165, 1.54) is 20.0 Å². The van der Waals surface area contributed by atoms with E-state index >= 15 is 0 Å². The monoisotopic (exact) mass is 298 g/mol. The first-order valence-electron chi connectivity index (χ1n) is 6.84. The number of nitrogens with one attached hydrogen (secondary N) is 1. The summed E-state index contributed by atoms with van der Waals surface area (Å²) >= 11 is 0. The van der Waals surface area contributed by atoms with Crippen molar-refractivity contribution in [2.24, 2.45) is 17.6 Å². The zero-order chi connectivity index (χ0) is 14.8. The Kier molecular flexibility index (Phi) is 4.67. The summed E-state index contributed by atoms with van der Waals surface area (Å²) in [4.78, 5) is 0.238. The third-order valence-corrected chi connectivity index (χ3v) is 5.23. The molecule has 0 heterocycles. The summed E-state index contributed by atoms with van der Waals surface area (Å²) in [6.45, 7) is 2.81. The average molecular weight is 298 g/mol. The molecule has 0 aliphatic heterocycles. The Morgan fingerprint density at radius 3 is 2.70 bits per heavy atom. The maximum atomic E-state index is 12.3. The van der Waals surface area contributed by atoms with E-state index in [0.717, 1.165) is 0 Å². The third-order valence-electron chi connectivity index (χ3n) is 3.80. The van der Waals surface area contributed by atoms with Crippen LogP contribution in [0.2, 0.25) is 0 Å². The van der Waals surface area contributed by atoms with Crippen LogP contribution >= 0.6 is 0 Å². The van der Waals surface area contributed by atoms with Gasteiger partial charge < -0.3 is 10.5 Å². The summed E-state index contributed by atoms with van der Waals surface area (Å²) in [6.07, 6.45) is 2.42. The van der Waals surface area contributed by atoms with Crippen LogP contribution < -0.4 is 15.2 Å². The van der Waals surface area contributed by atoms with Gasteiger partial charge in [0, 0.05) is 18.7 Å². The van der Waals surface area contributed by atoms with Gasteiger partial charge in [-0.25, -0.2) is 13.1 Å². The van der Waals surface area contributed by atoms with Crippen LogP contribution in [-0.2, 0) is 16.6 Å². The summed E-state index contributed by atoms with van der Waals surface area (Å²) < 4.78 is 32.3. The van der Waals surface area contributed by atoms with E-state index in [1.807, 2.05) is 0 Å². The second kappa shape index (κ2) is 6.11. The first-order valence-corrected chi connectivity index (χ1v) is 8.33. The van der Waals surface area contributed by atoms with Crippen molar-refractivity contribution < 1.29 is 13.2 Å². The molecule has 1 unspecified atom stereocenters. The maximum Gasteiger partial charge on any atom is 0.240 e. The van der Waals surface area contributed by atoms with Gasteiger partial charge in [0.1, 0.15) is 5.75 Å². The molecule has 5 nitrogen and oxygen atoms in total. The van der Waals surface area contributed by atoms with Crippen LogP contribution in [0.5, 0.6) is 5.75 Å². The van der Waals surface area contributed by atoms with Gasteiger partial charge in [-0.3, -0.25) is 0 Å². The van der Waals surface area contributed by atoms with Crippen LogP contribution in [0.15, 0.2) is 23.1 Å². The molecule has 0 spiro atoms. The Morgan fingerprint density at radius 2 is 2.15 bits per heavy atom. The van der Waals surface area contributed by atoms with Gasteiger partial charge in [-0.1, -0.05) is 6.92 Å². The molecule has 0 amide bonds. The van der Waals surface area contributed by atoms with Crippen molar-refractivity contribution in [3.63, 3.8) is 0 Å². The molecule has 1 fully saturated rings. The van der Waals surface area contributed by atoms with Crippen LogP contribution in [-0.4, -0.2) is 22.1 Å². The van der Waals surface area contributed by atoms with Gasteiger partial charge in [0.25, 0.3) is 0 Å². The highest BCUT2D eigenvalue weighted by Crippen LogP contribution is 2.36. The summed E-state index contributed by atoms with van der Waals surface area (Å²) in [7, 11) is -1.94. The molecule has 1 aliphatic carbocycles. The van der Waals surface area contributed by atoms with Gasteiger partial charge in [0.15, 0.2) is 0 Å². The van der Waals surface area contributed by atoms with Gasteiger partial charge in [-0.2, -0.15) is 0 Å². The summed E-state index contributed by atoms with van der Waals surface area (Å²) in [5.74, 6) is 1.67. The minimum atomic E-state index is -3.48. The van der Waals surface area contributed by atoms with E-state index in [-0.39, 0.29) is 11.4 Å². The van der Waals surface area contributed by atoms with Crippen molar-refractivity contribution in [2.45, 2.75) is 31.2 Å². The minimum Gasteiger partial charge on any atom is -0.496 e. The van der Waals surface area contributed by atoms with Crippen molar-refractivity contribution in [1.29, 1.82) is 0 Å². The second-order valence-electron chi connectivity index (χ2n) is 5.34. The predicted octanol–water partition coefficient (Wildman–Crippen LogP) is 1.48. The highest BCUT2D eigenvalue weighted by Gasteiger charge is 2.28. The molecular formula is C14H22N2O3S. The first-order chi connectivity index (χ1) is 9.47. The normalized spacial score (nSPS) is 16.9. The molecule has 20 heavy (non-hydrogen) atoms. The quantitative estimate of drug-likeness (QED) is 0.799. The average Bonchev–Trinajstić information content (AvgIpc) is 3.28. The Balaban J connectivity index is 2.11. The minimum absolute atomic E-state index is 0.238. The number of hydrogen-bond donors (Lipinski definition) is 2. The van der Waals surface area contributed by atoms with E-state index < -0.39 is 10.0 Å². The number of hydrogen-bond acceptors (Lipinski definition) is 4. The lowest BCUT2D eigenvalue weighted by atomic mass is 10.1. The summed E-state index contributed by atoms with van der Waals surface area (Å²) in [6, 6.07) is 4.76. The van der Waals surface area contributed by atoms with Gasteiger partial charge in [0.05, 0.1) is 12.0 Å². The van der Waals surface area contributed by atoms with Crippen LogP contribution in [0.3, 0.4) is 0 Å². The zero-order valence-electron chi connectivity index (χ0n) is 11.9. The van der Waals surface area contributed by atoms with Crippen LogP contribution in [0.4, 0.5) is 0 Å². The Labute approximate surface area is 120 Å². The SMILES string of the molecule is COc1ccc(S(=O)(=O)NCC(C)C2CC2)cc1CN. The van der Waals surface area contributed by atoms with Crippen LogP contribution in [0, 0.1) is 11.8 Å². The molecule has 0 bridgehead atoms. The number of rotatable bonds is 7. The Hall–Kier alpha value is -1.11. The second-order valence-corrected chi connectivity index (χ2v) is 7.11. The molecule has 0 saturated heterocycles. The van der Waals surface area contributed by atoms with Gasteiger partial charge >= 0.3 is 0 Å². The first kappa shape index (κ1) is 15.3. The van der Waals surface area contributed by atoms with Crippen molar-refractivity contribution >= 4 is 10.0 Å². The highest BCUT2D eigenvalue weighted by molar-refractivity contribution is 7.89. The molecule has 1 saturated carbocycles. The number of sulfonamides is 1. The standard InChI is InChI=1S/C14H22N2O3S/c1-10(11-3-4-11)9-16-20(17,18)13-5-6-14(19-2)12(7-13)8-15/h5-7,10-11,16H,3-4,8-9,15H2,1-2H3. The molecule has 0 aromatic heterocycles. The van der Waals surface area contributed by atoms with E-state index in [0.29, 0.717) is 29.7 Å². The predicted molar refractivity (Wildman–Crippen MR) is 78.0 cm³/mol. The molecule has 2 rings (SSSR count). The lowest BCUT2D eigenvalue weighted by molar-refractivity contribution is 0.409. The van der Waals surface area contributed by atoms with E-state index in [2.05, 4.69) is 11.6 Å². The molecule has 1 aliphatic rings. The van der Waals surface area contributed by atoms with E-state index in [4.69, 9.17) is 10.5 Å². The number of ether oxygens (including phenoxy) is 1. The fraction of sp³-hybridized carbons (Fsp3) is 0.571. The molecular weight excluding hydrogens is 276 g/mol. The zero-order valence-corrected chi connectivity index (χ0v) is 12.7. The molecule has 6 heteroatoms. The fourth-order valence-corrected chi connectivity index (χ4v) is 3.43. The summed E-state index contributed by atoms with van der Waals surface area (Å²) in [5.41, 5.74) is 6.30. The number of benzene rings is 1. The van der Waals surface area contributed by atoms with E-state index in [9.17, 15) is 8.42 Å². The smallest absolute Gasteiger partial charge is 0.240 e. The van der Waals surface area contributed by atoms with Crippen molar-refractivity contribution in [2.75, 3.05) is 13.7 Å². The molecule has 112 valence electrons. The van der Waals surface area contributed by atoms with Crippen LogP contribution in [0.1, 0.15) is 25.3 Å². The Bertz CT molecular complexity index is 568. The largest absolute Gasteiger partial charge is 0.496 e. The topological polar surface area (TPSA) is 81.4 Å². The van der Waals surface area contributed by atoms with Crippen molar-refractivity contribution in [3.8, 4) is 5.75 Å². The van der Waals surface area contributed by atoms with Crippen molar-refractivity contribution in [1.82, 2.24) is 4.72 Å². The molecule has 1 atom stereocenters. The highest BCUT2D eigenvalue weighted by atomic mass is 32.2. The summed E-state index contributed by atoms with van der Waals surface area (Å²) in [5, 5.41) is 0. The third kappa shape index (κ3) is 3.50. The lowest BCUT2D eigenvalue weighted by Gasteiger charge is -2.13. The lowest BCUT2D eigenvalue weighted by Crippen LogP contribution is -2.29. The molecule has 1 aromatic carbocycles. The Morgan fingerprint density at radius 1 is 1.45 bits per heavy atom.